The van der Waals surface area contributed by atoms with E-state index >= 15 is 0 Å². The van der Waals surface area contributed by atoms with Gasteiger partial charge in [-0.2, -0.15) is 0 Å². The summed E-state index contributed by atoms with van der Waals surface area (Å²) in [5.41, 5.74) is 0.814. The highest BCUT2D eigenvalue weighted by molar-refractivity contribution is 7.89. The molecule has 0 aliphatic carbocycles. The molecule has 0 aliphatic heterocycles. The van der Waals surface area contributed by atoms with Crippen molar-refractivity contribution in [2.75, 3.05) is 18.9 Å². The molecule has 2 rings (SSSR count). The van der Waals surface area contributed by atoms with E-state index in [1.165, 1.54) is 22.6 Å². The van der Waals surface area contributed by atoms with Gasteiger partial charge in [-0.25, -0.2) is 12.7 Å². The van der Waals surface area contributed by atoms with E-state index in [1.54, 1.807) is 37.4 Å². The second-order valence-corrected chi connectivity index (χ2v) is 7.42. The number of amides is 1. The third-order valence-electron chi connectivity index (χ3n) is 3.54. The molecule has 0 bridgehead atoms. The molecule has 1 heterocycles. The zero-order chi connectivity index (χ0) is 17.6. The number of nitrogens with zero attached hydrogens (tertiary/aromatic N) is 2. The minimum atomic E-state index is -3.50. The van der Waals surface area contributed by atoms with Crippen LogP contribution in [-0.4, -0.2) is 37.2 Å². The standard InChI is InChI=1S/C17H21N3O3S/c1-3-4-13-20(2)24(22,23)15-10-8-14(9-11-15)19-17(21)16-7-5-6-12-18-16/h5-12H,3-4,13H2,1-2H3,(H,19,21). The number of carbonyl (C=O) groups is 1. The molecular weight excluding hydrogens is 326 g/mol. The summed E-state index contributed by atoms with van der Waals surface area (Å²) >= 11 is 0. The molecule has 2 aromatic rings. The van der Waals surface area contributed by atoms with Gasteiger partial charge in [-0.3, -0.25) is 9.78 Å². The molecule has 0 saturated heterocycles. The fourth-order valence-corrected chi connectivity index (χ4v) is 3.29. The van der Waals surface area contributed by atoms with E-state index in [4.69, 9.17) is 0 Å². The smallest absolute Gasteiger partial charge is 0.274 e. The van der Waals surface area contributed by atoms with Crippen molar-refractivity contribution in [3.8, 4) is 0 Å². The number of benzene rings is 1. The number of hydrogen-bond donors (Lipinski definition) is 1. The maximum absolute atomic E-state index is 12.4. The van der Waals surface area contributed by atoms with Crippen LogP contribution in [0.15, 0.2) is 53.6 Å². The number of aromatic nitrogens is 1. The van der Waals surface area contributed by atoms with Gasteiger partial charge in [0.15, 0.2) is 0 Å². The lowest BCUT2D eigenvalue weighted by Gasteiger charge is -2.17. The molecule has 0 atom stereocenters. The van der Waals surface area contributed by atoms with Crippen molar-refractivity contribution in [2.24, 2.45) is 0 Å². The molecule has 1 N–H and O–H groups in total. The first-order valence-electron chi connectivity index (χ1n) is 7.74. The Balaban J connectivity index is 2.09. The molecule has 0 fully saturated rings. The lowest BCUT2D eigenvalue weighted by Crippen LogP contribution is -2.27. The number of anilines is 1. The van der Waals surface area contributed by atoms with Crippen LogP contribution >= 0.6 is 0 Å². The van der Waals surface area contributed by atoms with Crippen molar-refractivity contribution in [1.29, 1.82) is 0 Å². The Bertz CT molecular complexity index is 774. The minimum Gasteiger partial charge on any atom is -0.321 e. The Labute approximate surface area is 142 Å². The summed E-state index contributed by atoms with van der Waals surface area (Å²) in [6, 6.07) is 11.2. The van der Waals surface area contributed by atoms with Crippen LogP contribution in [0.4, 0.5) is 5.69 Å². The van der Waals surface area contributed by atoms with Crippen LogP contribution in [0.25, 0.3) is 0 Å². The summed E-state index contributed by atoms with van der Waals surface area (Å²) < 4.78 is 26.2. The van der Waals surface area contributed by atoms with Crippen LogP contribution in [0.2, 0.25) is 0 Å². The fraction of sp³-hybridized carbons (Fsp3) is 0.294. The van der Waals surface area contributed by atoms with Gasteiger partial charge in [-0.1, -0.05) is 19.4 Å². The third-order valence-corrected chi connectivity index (χ3v) is 5.42. The average molecular weight is 347 g/mol. The van der Waals surface area contributed by atoms with Gasteiger partial charge < -0.3 is 5.32 Å². The van der Waals surface area contributed by atoms with Gasteiger partial charge in [0.05, 0.1) is 4.90 Å². The number of pyridine rings is 1. The van der Waals surface area contributed by atoms with Crippen LogP contribution < -0.4 is 5.32 Å². The van der Waals surface area contributed by atoms with E-state index in [0.29, 0.717) is 17.9 Å². The summed E-state index contributed by atoms with van der Waals surface area (Å²) in [6.07, 6.45) is 3.28. The quantitative estimate of drug-likeness (QED) is 0.835. The molecule has 0 aliphatic rings. The number of carbonyl (C=O) groups excluding carboxylic acids is 1. The second kappa shape index (κ2) is 8.03. The number of rotatable bonds is 7. The Morgan fingerprint density at radius 2 is 1.88 bits per heavy atom. The predicted octanol–water partition coefficient (Wildman–Crippen LogP) is 2.75. The first-order chi connectivity index (χ1) is 11.4. The van der Waals surface area contributed by atoms with Crippen molar-refractivity contribution in [3.63, 3.8) is 0 Å². The summed E-state index contributed by atoms with van der Waals surface area (Å²) in [7, 11) is -1.93. The van der Waals surface area contributed by atoms with Crippen molar-refractivity contribution >= 4 is 21.6 Å². The molecule has 128 valence electrons. The number of unbranched alkanes of at least 4 members (excludes halogenated alkanes) is 1. The van der Waals surface area contributed by atoms with Gasteiger partial charge in [0.1, 0.15) is 5.69 Å². The molecule has 0 spiro atoms. The Morgan fingerprint density at radius 1 is 1.17 bits per heavy atom. The Hall–Kier alpha value is -2.25. The molecule has 1 aromatic heterocycles. The Kier molecular flexibility index (Phi) is 6.05. The van der Waals surface area contributed by atoms with Crippen molar-refractivity contribution in [2.45, 2.75) is 24.7 Å². The van der Waals surface area contributed by atoms with Crippen LogP contribution in [0.3, 0.4) is 0 Å². The van der Waals surface area contributed by atoms with Crippen LogP contribution in [0.5, 0.6) is 0 Å². The predicted molar refractivity (Wildman–Crippen MR) is 93.4 cm³/mol. The highest BCUT2D eigenvalue weighted by Crippen LogP contribution is 2.18. The molecule has 0 radical (unpaired) electrons. The molecular formula is C17H21N3O3S. The zero-order valence-electron chi connectivity index (χ0n) is 13.8. The number of nitrogens with one attached hydrogen (secondary N) is 1. The van der Waals surface area contributed by atoms with E-state index in [1.807, 2.05) is 6.92 Å². The third kappa shape index (κ3) is 4.39. The molecule has 24 heavy (non-hydrogen) atoms. The largest absolute Gasteiger partial charge is 0.321 e. The van der Waals surface area contributed by atoms with E-state index in [-0.39, 0.29) is 10.8 Å². The summed E-state index contributed by atoms with van der Waals surface area (Å²) in [4.78, 5) is 16.2. The Morgan fingerprint density at radius 3 is 2.46 bits per heavy atom. The molecule has 0 unspecified atom stereocenters. The fourth-order valence-electron chi connectivity index (χ4n) is 2.08. The van der Waals surface area contributed by atoms with E-state index in [2.05, 4.69) is 10.3 Å². The van der Waals surface area contributed by atoms with Gasteiger partial charge >= 0.3 is 0 Å². The molecule has 0 saturated carbocycles. The lowest BCUT2D eigenvalue weighted by atomic mass is 10.3. The first kappa shape index (κ1) is 18.1. The minimum absolute atomic E-state index is 0.205. The molecule has 7 heteroatoms. The lowest BCUT2D eigenvalue weighted by molar-refractivity contribution is 0.102. The van der Waals surface area contributed by atoms with E-state index in [9.17, 15) is 13.2 Å². The normalized spacial score (nSPS) is 11.5. The molecule has 1 aromatic carbocycles. The van der Waals surface area contributed by atoms with Crippen LogP contribution in [0.1, 0.15) is 30.3 Å². The van der Waals surface area contributed by atoms with Gasteiger partial charge in [-0.05, 0) is 42.8 Å². The highest BCUT2D eigenvalue weighted by atomic mass is 32.2. The highest BCUT2D eigenvalue weighted by Gasteiger charge is 2.20. The molecule has 1 amide bonds. The zero-order valence-corrected chi connectivity index (χ0v) is 14.6. The van der Waals surface area contributed by atoms with Crippen molar-refractivity contribution in [1.82, 2.24) is 9.29 Å². The SMILES string of the molecule is CCCCN(C)S(=O)(=O)c1ccc(NC(=O)c2ccccn2)cc1. The van der Waals surface area contributed by atoms with Crippen molar-refractivity contribution < 1.29 is 13.2 Å². The van der Waals surface area contributed by atoms with E-state index in [0.717, 1.165) is 12.8 Å². The van der Waals surface area contributed by atoms with Crippen LogP contribution in [-0.2, 0) is 10.0 Å². The van der Waals surface area contributed by atoms with Gasteiger partial charge in [-0.15, -0.1) is 0 Å². The maximum atomic E-state index is 12.4. The topological polar surface area (TPSA) is 79.4 Å². The van der Waals surface area contributed by atoms with Gasteiger partial charge in [0.2, 0.25) is 10.0 Å². The second-order valence-electron chi connectivity index (χ2n) is 5.37. The maximum Gasteiger partial charge on any atom is 0.274 e. The number of hydrogen-bond acceptors (Lipinski definition) is 4. The summed E-state index contributed by atoms with van der Waals surface area (Å²) in [5.74, 6) is -0.341. The monoisotopic (exact) mass is 347 g/mol. The van der Waals surface area contributed by atoms with Crippen LogP contribution in [0, 0.1) is 0 Å². The summed E-state index contributed by atoms with van der Waals surface area (Å²) in [5, 5.41) is 2.69. The van der Waals surface area contributed by atoms with Gasteiger partial charge in [0, 0.05) is 25.5 Å². The van der Waals surface area contributed by atoms with Crippen molar-refractivity contribution in [3.05, 3.63) is 54.4 Å². The average Bonchev–Trinajstić information content (AvgIpc) is 2.60. The van der Waals surface area contributed by atoms with E-state index < -0.39 is 10.0 Å². The summed E-state index contributed by atoms with van der Waals surface area (Å²) in [6.45, 7) is 2.50. The first-order valence-corrected chi connectivity index (χ1v) is 9.18. The van der Waals surface area contributed by atoms with Gasteiger partial charge in [0.25, 0.3) is 5.91 Å². The molecule has 6 nitrogen and oxygen atoms in total. The number of sulfonamides is 1.